The molecule has 0 N–H and O–H groups in total. The molecule has 10 aromatic rings. The lowest BCUT2D eigenvalue weighted by molar-refractivity contribution is 1.08. The largest absolute Gasteiger partial charge is 0.208 e. The quantitative estimate of drug-likeness (QED) is 0.165. The van der Waals surface area contributed by atoms with E-state index in [0.717, 1.165) is 38.8 Å². The predicted octanol–water partition coefficient (Wildman–Crippen LogP) is 13.9. The van der Waals surface area contributed by atoms with Crippen molar-refractivity contribution in [2.24, 2.45) is 0 Å². The third kappa shape index (κ3) is 6.29. The Morgan fingerprint density at radius 1 is 0.291 bits per heavy atom. The fourth-order valence-electron chi connectivity index (χ4n) is 7.42. The summed E-state index contributed by atoms with van der Waals surface area (Å²) < 4.78 is 2.44. The maximum atomic E-state index is 5.24. The van der Waals surface area contributed by atoms with E-state index in [1.807, 2.05) is 23.5 Å². The molecule has 0 spiro atoms. The van der Waals surface area contributed by atoms with Crippen molar-refractivity contribution in [3.05, 3.63) is 200 Å². The normalized spacial score (nSPS) is 11.3. The second-order valence-electron chi connectivity index (χ2n) is 13.6. The van der Waals surface area contributed by atoms with Gasteiger partial charge in [0, 0.05) is 36.9 Å². The van der Waals surface area contributed by atoms with Gasteiger partial charge in [-0.25, -0.2) is 15.0 Å². The van der Waals surface area contributed by atoms with Crippen molar-refractivity contribution in [1.82, 2.24) is 15.0 Å². The number of hydrogen-bond acceptors (Lipinski definition) is 4. The van der Waals surface area contributed by atoms with E-state index in [1.54, 1.807) is 0 Å². The molecular formula is C51H33N3S. The minimum absolute atomic E-state index is 0.639. The zero-order valence-electron chi connectivity index (χ0n) is 29.8. The molecule has 0 aliphatic heterocycles. The molecule has 2 heterocycles. The summed E-state index contributed by atoms with van der Waals surface area (Å²) in [6.07, 6.45) is 0. The molecule has 10 rings (SSSR count). The van der Waals surface area contributed by atoms with Gasteiger partial charge in [-0.2, -0.15) is 0 Å². The van der Waals surface area contributed by atoms with Gasteiger partial charge in [0.2, 0.25) is 0 Å². The van der Waals surface area contributed by atoms with Crippen molar-refractivity contribution < 1.29 is 0 Å². The van der Waals surface area contributed by atoms with E-state index < -0.39 is 0 Å². The maximum absolute atomic E-state index is 5.24. The first-order valence-electron chi connectivity index (χ1n) is 18.4. The van der Waals surface area contributed by atoms with Gasteiger partial charge >= 0.3 is 0 Å². The van der Waals surface area contributed by atoms with Crippen LogP contribution in [0.2, 0.25) is 0 Å². The van der Waals surface area contributed by atoms with E-state index in [9.17, 15) is 0 Å². The Hall–Kier alpha value is -7.01. The number of fused-ring (bicyclic) bond motifs is 3. The number of rotatable bonds is 7. The summed E-state index contributed by atoms with van der Waals surface area (Å²) in [4.78, 5) is 15.6. The van der Waals surface area contributed by atoms with Crippen molar-refractivity contribution in [1.29, 1.82) is 0 Å². The van der Waals surface area contributed by atoms with Crippen molar-refractivity contribution >= 4 is 31.5 Å². The molecule has 0 atom stereocenters. The molecule has 0 fully saturated rings. The summed E-state index contributed by atoms with van der Waals surface area (Å²) >= 11 is 1.82. The average Bonchev–Trinajstić information content (AvgIpc) is 3.67. The Balaban J connectivity index is 1.14. The van der Waals surface area contributed by atoms with Gasteiger partial charge in [-0.05, 0) is 62.7 Å². The van der Waals surface area contributed by atoms with Crippen LogP contribution in [0, 0.1) is 0 Å². The standard InChI is InChI=1S/C51H33N3S/c1-4-14-34(15-5-1)37-28-30-38(31-29-37)49-52-50(42-23-11-21-40(33-42)36-18-8-3-9-19-36)54-51(53-49)45-26-13-27-46-47(45)44-25-12-24-43(48(44)55-46)41-22-10-20-39(32-41)35-16-6-2-7-17-35/h1-33H. The lowest BCUT2D eigenvalue weighted by atomic mass is 9.97. The molecule has 258 valence electrons. The van der Waals surface area contributed by atoms with E-state index in [2.05, 4.69) is 188 Å². The van der Waals surface area contributed by atoms with E-state index in [0.29, 0.717) is 17.5 Å². The van der Waals surface area contributed by atoms with Crippen LogP contribution in [0.3, 0.4) is 0 Å². The third-order valence-corrected chi connectivity index (χ3v) is 11.4. The molecule has 3 nitrogen and oxygen atoms in total. The topological polar surface area (TPSA) is 38.7 Å². The first kappa shape index (κ1) is 32.6. The highest BCUT2D eigenvalue weighted by Gasteiger charge is 2.19. The second kappa shape index (κ2) is 14.1. The van der Waals surface area contributed by atoms with Gasteiger partial charge in [0.25, 0.3) is 0 Å². The lowest BCUT2D eigenvalue weighted by Crippen LogP contribution is -2.00. The van der Waals surface area contributed by atoms with Gasteiger partial charge in [0.1, 0.15) is 0 Å². The van der Waals surface area contributed by atoms with E-state index >= 15 is 0 Å². The SMILES string of the molecule is c1ccc(-c2ccc(-c3nc(-c4cccc(-c5ccccc5)c4)nc(-c4cccc5sc6c(-c7cccc(-c8ccccc8)c7)cccc6c45)n3)cc2)cc1. The Morgan fingerprint density at radius 2 is 0.727 bits per heavy atom. The number of aromatic nitrogens is 3. The highest BCUT2D eigenvalue weighted by Crippen LogP contribution is 2.44. The molecule has 8 aromatic carbocycles. The van der Waals surface area contributed by atoms with Crippen LogP contribution in [0.15, 0.2) is 200 Å². The highest BCUT2D eigenvalue weighted by atomic mass is 32.1. The Morgan fingerprint density at radius 3 is 1.38 bits per heavy atom. The molecular weight excluding hydrogens is 687 g/mol. The summed E-state index contributed by atoms with van der Waals surface area (Å²) in [5.41, 5.74) is 12.3. The first-order valence-corrected chi connectivity index (χ1v) is 19.3. The number of benzene rings is 8. The molecule has 4 heteroatoms. The van der Waals surface area contributed by atoms with Gasteiger partial charge in [-0.3, -0.25) is 0 Å². The van der Waals surface area contributed by atoms with Gasteiger partial charge in [0.15, 0.2) is 17.5 Å². The van der Waals surface area contributed by atoms with Crippen LogP contribution in [0.4, 0.5) is 0 Å². The van der Waals surface area contributed by atoms with Gasteiger partial charge in [-0.1, -0.05) is 182 Å². The summed E-state index contributed by atoms with van der Waals surface area (Å²) in [6, 6.07) is 70.4. The van der Waals surface area contributed by atoms with Gasteiger partial charge in [-0.15, -0.1) is 11.3 Å². The molecule has 0 saturated carbocycles. The Labute approximate surface area is 323 Å². The zero-order chi connectivity index (χ0) is 36.6. The van der Waals surface area contributed by atoms with Crippen LogP contribution in [0.1, 0.15) is 0 Å². The second-order valence-corrected chi connectivity index (χ2v) is 14.7. The predicted molar refractivity (Wildman–Crippen MR) is 231 cm³/mol. The summed E-state index contributed by atoms with van der Waals surface area (Å²) in [6.45, 7) is 0. The molecule has 0 aliphatic rings. The van der Waals surface area contributed by atoms with Crippen LogP contribution in [0.25, 0.3) is 98.8 Å². The van der Waals surface area contributed by atoms with Crippen molar-refractivity contribution in [2.75, 3.05) is 0 Å². The van der Waals surface area contributed by atoms with Crippen LogP contribution < -0.4 is 0 Å². The highest BCUT2D eigenvalue weighted by molar-refractivity contribution is 7.26. The van der Waals surface area contributed by atoms with Gasteiger partial charge < -0.3 is 0 Å². The van der Waals surface area contributed by atoms with Crippen LogP contribution in [0.5, 0.6) is 0 Å². The monoisotopic (exact) mass is 719 g/mol. The number of hydrogen-bond donors (Lipinski definition) is 0. The summed E-state index contributed by atoms with van der Waals surface area (Å²) in [7, 11) is 0. The molecule has 2 aromatic heterocycles. The Bertz CT molecular complexity index is 2950. The number of thiophene rings is 1. The van der Waals surface area contributed by atoms with Crippen molar-refractivity contribution in [2.45, 2.75) is 0 Å². The van der Waals surface area contributed by atoms with E-state index in [4.69, 9.17) is 15.0 Å². The van der Waals surface area contributed by atoms with Crippen LogP contribution in [-0.4, -0.2) is 15.0 Å². The molecule has 0 amide bonds. The molecule has 0 bridgehead atoms. The number of nitrogens with zero attached hydrogens (tertiary/aromatic N) is 3. The zero-order valence-corrected chi connectivity index (χ0v) is 30.6. The average molecular weight is 720 g/mol. The Kier molecular flexibility index (Phi) is 8.36. The maximum Gasteiger partial charge on any atom is 0.164 e. The van der Waals surface area contributed by atoms with E-state index in [-0.39, 0.29) is 0 Å². The molecule has 55 heavy (non-hydrogen) atoms. The van der Waals surface area contributed by atoms with Crippen molar-refractivity contribution in [3.63, 3.8) is 0 Å². The summed E-state index contributed by atoms with van der Waals surface area (Å²) in [5.74, 6) is 1.93. The smallest absolute Gasteiger partial charge is 0.164 e. The fraction of sp³-hybridized carbons (Fsp3) is 0. The van der Waals surface area contributed by atoms with E-state index in [1.165, 1.54) is 42.6 Å². The van der Waals surface area contributed by atoms with Crippen LogP contribution >= 0.6 is 11.3 Å². The fourth-order valence-corrected chi connectivity index (χ4v) is 8.69. The molecule has 0 unspecified atom stereocenters. The minimum atomic E-state index is 0.639. The first-order chi connectivity index (χ1) is 27.2. The third-order valence-electron chi connectivity index (χ3n) is 10.2. The molecule has 0 aliphatic carbocycles. The summed E-state index contributed by atoms with van der Waals surface area (Å²) in [5, 5.41) is 2.35. The van der Waals surface area contributed by atoms with Gasteiger partial charge in [0.05, 0.1) is 0 Å². The van der Waals surface area contributed by atoms with Crippen molar-refractivity contribution in [3.8, 4) is 78.7 Å². The van der Waals surface area contributed by atoms with Crippen LogP contribution in [-0.2, 0) is 0 Å². The molecule has 0 radical (unpaired) electrons. The molecule has 0 saturated heterocycles. The minimum Gasteiger partial charge on any atom is -0.208 e. The lowest BCUT2D eigenvalue weighted by Gasteiger charge is -2.11.